The second-order valence-corrected chi connectivity index (χ2v) is 15.5. The SMILES string of the molecule is [C-]#[N+]c1ccc(N(c2ccc(C)cc2)c2cc3c4cc([N+]#[C-])ccc4c(N(c4ccc(C)cc4)c4ccc(C#N)cc4)cc3c3cc(C4CCCCC4)ccc23)cc1. The van der Waals surface area contributed by atoms with Crippen LogP contribution in [-0.2, 0) is 0 Å². The zero-order valence-electron chi connectivity index (χ0n) is 32.7. The first kappa shape index (κ1) is 36.3. The van der Waals surface area contributed by atoms with Crippen LogP contribution in [-0.4, -0.2) is 0 Å². The molecule has 0 aromatic heterocycles. The van der Waals surface area contributed by atoms with Crippen molar-refractivity contribution in [3.05, 3.63) is 191 Å². The van der Waals surface area contributed by atoms with E-state index < -0.39 is 0 Å². The van der Waals surface area contributed by atoms with Crippen molar-refractivity contribution in [2.24, 2.45) is 0 Å². The standard InChI is InChI=1S/C53H41N5/c1-35-10-20-42(21-11-35)57(44-24-14-37(34-54)15-25-44)53-32-50-48-30-39(38-8-6-5-7-9-38)16-28-46(48)52(33-51(50)49-31-41(56-4)19-29-47(49)53)58(43-22-12-36(2)13-23-43)45-26-17-40(55-3)18-27-45/h10-33,38H,5-9H2,1-2H3. The molecule has 1 saturated carbocycles. The Morgan fingerprint density at radius 2 is 0.914 bits per heavy atom. The van der Waals surface area contributed by atoms with Crippen molar-refractivity contribution in [3.63, 3.8) is 0 Å². The molecule has 0 radical (unpaired) electrons. The van der Waals surface area contributed by atoms with Crippen molar-refractivity contribution < 1.29 is 0 Å². The van der Waals surface area contributed by atoms with Gasteiger partial charge in [0.2, 0.25) is 0 Å². The molecule has 0 amide bonds. The topological polar surface area (TPSA) is 39.0 Å². The first-order chi connectivity index (χ1) is 28.4. The highest BCUT2D eigenvalue weighted by molar-refractivity contribution is 6.25. The smallest absolute Gasteiger partial charge is 0.187 e. The average Bonchev–Trinajstić information content (AvgIpc) is 3.28. The number of fused-ring (bicyclic) bond motifs is 5. The zero-order valence-corrected chi connectivity index (χ0v) is 32.7. The molecule has 9 rings (SSSR count). The van der Waals surface area contributed by atoms with Gasteiger partial charge < -0.3 is 9.80 Å². The first-order valence-corrected chi connectivity index (χ1v) is 20.0. The Balaban J connectivity index is 1.41. The first-order valence-electron chi connectivity index (χ1n) is 20.0. The minimum atomic E-state index is 0.502. The summed E-state index contributed by atoms with van der Waals surface area (Å²) < 4.78 is 0. The number of hydrogen-bond acceptors (Lipinski definition) is 3. The molecule has 1 aliphatic carbocycles. The molecule has 1 aliphatic rings. The molecule has 278 valence electrons. The van der Waals surface area contributed by atoms with E-state index in [4.69, 9.17) is 13.1 Å². The van der Waals surface area contributed by atoms with Gasteiger partial charge in [0, 0.05) is 33.5 Å². The van der Waals surface area contributed by atoms with Crippen LogP contribution in [0.15, 0.2) is 146 Å². The van der Waals surface area contributed by atoms with Gasteiger partial charge in [0.25, 0.3) is 0 Å². The fourth-order valence-electron chi connectivity index (χ4n) is 8.75. The summed E-state index contributed by atoms with van der Waals surface area (Å²) in [5, 5.41) is 16.2. The second-order valence-electron chi connectivity index (χ2n) is 15.5. The summed E-state index contributed by atoms with van der Waals surface area (Å²) in [5.41, 5.74) is 11.4. The average molecular weight is 748 g/mol. The van der Waals surface area contributed by atoms with E-state index in [1.165, 1.54) is 48.8 Å². The molecule has 0 N–H and O–H groups in total. The van der Waals surface area contributed by atoms with Crippen LogP contribution >= 0.6 is 0 Å². The molecular weight excluding hydrogens is 707 g/mol. The van der Waals surface area contributed by atoms with E-state index in [0.29, 0.717) is 22.9 Å². The maximum atomic E-state index is 9.70. The van der Waals surface area contributed by atoms with Crippen molar-refractivity contribution in [3.8, 4) is 6.07 Å². The van der Waals surface area contributed by atoms with Gasteiger partial charge in [0.1, 0.15) is 0 Å². The van der Waals surface area contributed by atoms with Gasteiger partial charge in [0.05, 0.1) is 36.2 Å². The molecule has 0 atom stereocenters. The van der Waals surface area contributed by atoms with Crippen molar-refractivity contribution in [1.29, 1.82) is 5.26 Å². The number of hydrogen-bond donors (Lipinski definition) is 0. The summed E-state index contributed by atoms with van der Waals surface area (Å²) in [7, 11) is 0. The lowest BCUT2D eigenvalue weighted by molar-refractivity contribution is 0.444. The zero-order chi connectivity index (χ0) is 39.8. The Labute approximate surface area is 340 Å². The molecule has 0 heterocycles. The molecule has 8 aromatic rings. The van der Waals surface area contributed by atoms with Crippen LogP contribution in [0.25, 0.3) is 42.0 Å². The van der Waals surface area contributed by atoms with E-state index in [9.17, 15) is 5.26 Å². The third-order valence-electron chi connectivity index (χ3n) is 11.8. The van der Waals surface area contributed by atoms with Crippen LogP contribution in [0.2, 0.25) is 0 Å². The molecular formula is C53H41N5. The largest absolute Gasteiger partial charge is 0.310 e. The summed E-state index contributed by atoms with van der Waals surface area (Å²) in [6.45, 7) is 20.0. The number of nitriles is 1. The van der Waals surface area contributed by atoms with Gasteiger partial charge in [-0.15, -0.1) is 0 Å². The molecule has 0 spiro atoms. The highest BCUT2D eigenvalue weighted by atomic mass is 15.2. The summed E-state index contributed by atoms with van der Waals surface area (Å²) in [6, 6.07) is 52.9. The van der Waals surface area contributed by atoms with E-state index in [2.05, 4.69) is 124 Å². The summed E-state index contributed by atoms with van der Waals surface area (Å²) in [6.07, 6.45) is 6.16. The van der Waals surface area contributed by atoms with Crippen LogP contribution in [0.3, 0.4) is 0 Å². The number of rotatable bonds is 7. The lowest BCUT2D eigenvalue weighted by Crippen LogP contribution is -2.12. The van der Waals surface area contributed by atoms with E-state index in [0.717, 1.165) is 66.4 Å². The van der Waals surface area contributed by atoms with Gasteiger partial charge in [-0.2, -0.15) is 5.26 Å². The van der Waals surface area contributed by atoms with Crippen LogP contribution in [0.1, 0.15) is 60.3 Å². The van der Waals surface area contributed by atoms with E-state index >= 15 is 0 Å². The maximum absolute atomic E-state index is 9.70. The Kier molecular flexibility index (Phi) is 9.55. The Morgan fingerprint density at radius 3 is 1.41 bits per heavy atom. The number of benzene rings is 8. The monoisotopic (exact) mass is 747 g/mol. The maximum Gasteiger partial charge on any atom is 0.187 e. The van der Waals surface area contributed by atoms with Gasteiger partial charge in [-0.25, -0.2) is 9.69 Å². The van der Waals surface area contributed by atoms with Crippen molar-refractivity contribution in [1.82, 2.24) is 0 Å². The lowest BCUT2D eigenvalue weighted by Gasteiger charge is -2.30. The fraction of sp³-hybridized carbons (Fsp3) is 0.151. The highest BCUT2D eigenvalue weighted by Crippen LogP contribution is 2.49. The van der Waals surface area contributed by atoms with E-state index in [1.807, 2.05) is 60.7 Å². The van der Waals surface area contributed by atoms with Crippen LogP contribution in [0, 0.1) is 38.3 Å². The second kappa shape index (κ2) is 15.3. The van der Waals surface area contributed by atoms with Gasteiger partial charge >= 0.3 is 0 Å². The number of anilines is 6. The fourth-order valence-corrected chi connectivity index (χ4v) is 8.75. The molecule has 0 unspecified atom stereocenters. The van der Waals surface area contributed by atoms with Crippen LogP contribution in [0.5, 0.6) is 0 Å². The number of aryl methyl sites for hydroxylation is 2. The highest BCUT2D eigenvalue weighted by Gasteiger charge is 2.24. The molecule has 8 aromatic carbocycles. The summed E-state index contributed by atoms with van der Waals surface area (Å²) in [4.78, 5) is 12.2. The molecule has 5 nitrogen and oxygen atoms in total. The minimum Gasteiger partial charge on any atom is -0.310 e. The Morgan fingerprint density at radius 1 is 0.483 bits per heavy atom. The van der Waals surface area contributed by atoms with Crippen LogP contribution in [0.4, 0.5) is 45.5 Å². The third-order valence-corrected chi connectivity index (χ3v) is 11.8. The molecule has 1 fully saturated rings. The molecule has 5 heteroatoms. The molecule has 0 aliphatic heterocycles. The Bertz CT molecular complexity index is 2960. The molecule has 58 heavy (non-hydrogen) atoms. The third kappa shape index (κ3) is 6.66. The van der Waals surface area contributed by atoms with Crippen LogP contribution < -0.4 is 9.80 Å². The van der Waals surface area contributed by atoms with Crippen molar-refractivity contribution in [2.45, 2.75) is 51.9 Å². The normalized spacial score (nSPS) is 12.9. The Hall–Kier alpha value is -7.39. The lowest BCUT2D eigenvalue weighted by atomic mass is 9.82. The summed E-state index contributed by atoms with van der Waals surface area (Å²) >= 11 is 0. The number of nitrogens with zero attached hydrogens (tertiary/aromatic N) is 5. The van der Waals surface area contributed by atoms with Crippen molar-refractivity contribution >= 4 is 77.8 Å². The van der Waals surface area contributed by atoms with Crippen molar-refractivity contribution in [2.75, 3.05) is 9.80 Å². The van der Waals surface area contributed by atoms with Gasteiger partial charge in [-0.05, 0) is 139 Å². The van der Waals surface area contributed by atoms with E-state index in [-0.39, 0.29) is 0 Å². The summed E-state index contributed by atoms with van der Waals surface area (Å²) in [5.74, 6) is 0.502. The predicted octanol–water partition coefficient (Wildman–Crippen LogP) is 15.7. The van der Waals surface area contributed by atoms with E-state index in [1.54, 1.807) is 0 Å². The minimum absolute atomic E-state index is 0.502. The van der Waals surface area contributed by atoms with Gasteiger partial charge in [0.15, 0.2) is 11.4 Å². The van der Waals surface area contributed by atoms with Gasteiger partial charge in [-0.3, -0.25) is 0 Å². The molecule has 0 saturated heterocycles. The van der Waals surface area contributed by atoms with Gasteiger partial charge in [-0.1, -0.05) is 97.1 Å². The molecule has 0 bridgehead atoms. The predicted molar refractivity (Wildman–Crippen MR) is 241 cm³/mol. The quantitative estimate of drug-likeness (QED) is 0.120.